The summed E-state index contributed by atoms with van der Waals surface area (Å²) >= 11 is 0. The maximum atomic E-state index is 9.70. The molecule has 0 spiro atoms. The number of carboxylic acid groups (broad SMARTS) is 1. The van der Waals surface area contributed by atoms with Crippen LogP contribution >= 0.6 is 0 Å². The monoisotopic (exact) mass is 139 g/mol. The van der Waals surface area contributed by atoms with E-state index in [0.717, 1.165) is 0 Å². The minimum atomic E-state index is -0.741. The normalized spacial score (nSPS) is 7.86. The second kappa shape index (κ2) is 4.22. The van der Waals surface area contributed by atoms with Crippen molar-refractivity contribution >= 4 is 5.97 Å². The summed E-state index contributed by atoms with van der Waals surface area (Å²) in [5.74, 6) is -0.972. The number of rotatable bonds is 1. The molecule has 0 bridgehead atoms. The van der Waals surface area contributed by atoms with Crippen molar-refractivity contribution in [1.82, 2.24) is 0 Å². The Morgan fingerprint density at radius 2 is 1.71 bits per heavy atom. The minimum Gasteiger partial charge on any atom is -0.481 e. The third-order valence-corrected chi connectivity index (χ3v) is 0.494. The van der Waals surface area contributed by atoms with E-state index < -0.39 is 5.97 Å². The molecule has 0 aromatic rings. The van der Waals surface area contributed by atoms with Gasteiger partial charge in [0.25, 0.3) is 0 Å². The second-order valence-electron chi connectivity index (χ2n) is 1.49. The molecule has 0 unspecified atom stereocenters. The van der Waals surface area contributed by atoms with Crippen LogP contribution in [0.4, 0.5) is 0 Å². The SMILES string of the molecule is CC(C)C(=O)O.[V]. The van der Waals surface area contributed by atoms with E-state index in [1.807, 2.05) is 0 Å². The molecular formula is C4H8O2V. The van der Waals surface area contributed by atoms with Crippen molar-refractivity contribution in [1.29, 1.82) is 0 Å². The van der Waals surface area contributed by atoms with Crippen molar-refractivity contribution < 1.29 is 28.5 Å². The Hall–Kier alpha value is 0.0544. The van der Waals surface area contributed by atoms with Crippen LogP contribution in [-0.4, -0.2) is 11.1 Å². The summed E-state index contributed by atoms with van der Waals surface area (Å²) < 4.78 is 0. The quantitative estimate of drug-likeness (QED) is 0.581. The number of carboxylic acids is 1. The fraction of sp³-hybridized carbons (Fsp3) is 0.750. The first-order valence-electron chi connectivity index (χ1n) is 1.87. The zero-order valence-electron chi connectivity index (χ0n) is 4.38. The Kier molecular flexibility index (Phi) is 6.10. The first-order chi connectivity index (χ1) is 2.64. The summed E-state index contributed by atoms with van der Waals surface area (Å²) in [6, 6.07) is 0. The van der Waals surface area contributed by atoms with Crippen LogP contribution in [0.15, 0.2) is 0 Å². The molecule has 0 heterocycles. The van der Waals surface area contributed by atoms with Crippen molar-refractivity contribution in [2.45, 2.75) is 13.8 Å². The van der Waals surface area contributed by atoms with Gasteiger partial charge in [0.1, 0.15) is 0 Å². The molecule has 3 heteroatoms. The number of hydrogen-bond acceptors (Lipinski definition) is 1. The Bertz CT molecular complexity index is 60.7. The van der Waals surface area contributed by atoms with Crippen LogP contribution in [0.25, 0.3) is 0 Å². The largest absolute Gasteiger partial charge is 0.481 e. The average molecular weight is 139 g/mol. The molecule has 0 rings (SSSR count). The van der Waals surface area contributed by atoms with Gasteiger partial charge in [-0.2, -0.15) is 0 Å². The van der Waals surface area contributed by atoms with Crippen LogP contribution in [-0.2, 0) is 23.4 Å². The van der Waals surface area contributed by atoms with Gasteiger partial charge < -0.3 is 5.11 Å². The number of carbonyl (C=O) groups is 1. The Balaban J connectivity index is 0. The van der Waals surface area contributed by atoms with Gasteiger partial charge in [-0.25, -0.2) is 0 Å². The van der Waals surface area contributed by atoms with Crippen LogP contribution in [0.2, 0.25) is 0 Å². The predicted molar refractivity (Wildman–Crippen MR) is 22.5 cm³/mol. The van der Waals surface area contributed by atoms with E-state index in [1.54, 1.807) is 13.8 Å². The summed E-state index contributed by atoms with van der Waals surface area (Å²) in [4.78, 5) is 9.70. The van der Waals surface area contributed by atoms with Gasteiger partial charge in [0.05, 0.1) is 5.92 Å². The molecule has 0 saturated carbocycles. The molecule has 2 nitrogen and oxygen atoms in total. The summed E-state index contributed by atoms with van der Waals surface area (Å²) in [7, 11) is 0. The Labute approximate surface area is 54.8 Å². The first kappa shape index (κ1) is 10.1. The van der Waals surface area contributed by atoms with Gasteiger partial charge in [-0.3, -0.25) is 4.79 Å². The minimum absolute atomic E-state index is 0. The summed E-state index contributed by atoms with van der Waals surface area (Å²) in [6.07, 6.45) is 0. The molecule has 0 aliphatic heterocycles. The van der Waals surface area contributed by atoms with Crippen LogP contribution in [0.1, 0.15) is 13.8 Å². The molecular weight excluding hydrogens is 131 g/mol. The van der Waals surface area contributed by atoms with E-state index >= 15 is 0 Å². The van der Waals surface area contributed by atoms with Gasteiger partial charge in [-0.05, 0) is 0 Å². The maximum absolute atomic E-state index is 9.70. The fourth-order valence-electron chi connectivity index (χ4n) is 0. The fourth-order valence-corrected chi connectivity index (χ4v) is 0. The third kappa shape index (κ3) is 6.05. The van der Waals surface area contributed by atoms with E-state index in [9.17, 15) is 4.79 Å². The molecule has 1 radical (unpaired) electrons. The van der Waals surface area contributed by atoms with Gasteiger partial charge in [0.15, 0.2) is 0 Å². The van der Waals surface area contributed by atoms with Crippen molar-refractivity contribution in [2.75, 3.05) is 0 Å². The van der Waals surface area contributed by atoms with E-state index in [4.69, 9.17) is 5.11 Å². The topological polar surface area (TPSA) is 37.3 Å². The predicted octanol–water partition coefficient (Wildman–Crippen LogP) is 0.724. The molecule has 0 amide bonds. The zero-order valence-corrected chi connectivity index (χ0v) is 5.78. The molecule has 41 valence electrons. The summed E-state index contributed by atoms with van der Waals surface area (Å²) in [5, 5.41) is 7.99. The summed E-state index contributed by atoms with van der Waals surface area (Å²) in [6.45, 7) is 3.28. The van der Waals surface area contributed by atoms with Crippen LogP contribution in [0.5, 0.6) is 0 Å². The second-order valence-corrected chi connectivity index (χ2v) is 1.49. The Morgan fingerprint density at radius 1 is 1.57 bits per heavy atom. The summed E-state index contributed by atoms with van der Waals surface area (Å²) in [5.41, 5.74) is 0. The first-order valence-corrected chi connectivity index (χ1v) is 1.87. The zero-order chi connectivity index (χ0) is 5.15. The van der Waals surface area contributed by atoms with E-state index in [2.05, 4.69) is 0 Å². The van der Waals surface area contributed by atoms with E-state index in [-0.39, 0.29) is 24.5 Å². The van der Waals surface area contributed by atoms with Crippen LogP contribution < -0.4 is 0 Å². The number of aliphatic carboxylic acids is 1. The van der Waals surface area contributed by atoms with Gasteiger partial charge >= 0.3 is 5.97 Å². The van der Waals surface area contributed by atoms with Crippen molar-refractivity contribution in [2.24, 2.45) is 5.92 Å². The average Bonchev–Trinajstić information content (AvgIpc) is 1.36. The Morgan fingerprint density at radius 3 is 1.71 bits per heavy atom. The maximum Gasteiger partial charge on any atom is 0.305 e. The standard InChI is InChI=1S/C4H8O2.V/c1-3(2)4(5)6;/h3H,1-2H3,(H,5,6);. The van der Waals surface area contributed by atoms with Gasteiger partial charge in [-0.1, -0.05) is 13.8 Å². The molecule has 0 aliphatic rings. The van der Waals surface area contributed by atoms with E-state index in [0.29, 0.717) is 0 Å². The van der Waals surface area contributed by atoms with Crippen LogP contribution in [0, 0.1) is 5.92 Å². The van der Waals surface area contributed by atoms with Crippen molar-refractivity contribution in [3.63, 3.8) is 0 Å². The van der Waals surface area contributed by atoms with E-state index in [1.165, 1.54) is 0 Å². The molecule has 0 aliphatic carbocycles. The van der Waals surface area contributed by atoms with Gasteiger partial charge in [0.2, 0.25) is 0 Å². The molecule has 0 aromatic heterocycles. The molecule has 7 heavy (non-hydrogen) atoms. The van der Waals surface area contributed by atoms with Crippen molar-refractivity contribution in [3.05, 3.63) is 0 Å². The van der Waals surface area contributed by atoms with Gasteiger partial charge in [0, 0.05) is 18.6 Å². The molecule has 0 saturated heterocycles. The smallest absolute Gasteiger partial charge is 0.305 e. The molecule has 0 aromatic carbocycles. The third-order valence-electron chi connectivity index (χ3n) is 0.494. The van der Waals surface area contributed by atoms with Crippen LogP contribution in [0.3, 0.4) is 0 Å². The molecule has 0 atom stereocenters. The number of hydrogen-bond donors (Lipinski definition) is 1. The molecule has 0 fully saturated rings. The van der Waals surface area contributed by atoms with Gasteiger partial charge in [-0.15, -0.1) is 0 Å². The van der Waals surface area contributed by atoms with Crippen molar-refractivity contribution in [3.8, 4) is 0 Å². The molecule has 1 N–H and O–H groups in total.